The van der Waals surface area contributed by atoms with Gasteiger partial charge in [-0.05, 0) is 37.7 Å². The van der Waals surface area contributed by atoms with Gasteiger partial charge in [0.1, 0.15) is 0 Å². The van der Waals surface area contributed by atoms with Crippen molar-refractivity contribution in [2.24, 2.45) is 11.7 Å². The molecule has 6 heteroatoms. The highest BCUT2D eigenvalue weighted by atomic mass is 16.1. The minimum absolute atomic E-state index is 0.146. The number of hydrogen-bond donors (Lipinski definition) is 2. The van der Waals surface area contributed by atoms with E-state index in [0.717, 1.165) is 44.7 Å². The molecule has 1 aliphatic carbocycles. The molecular formula is C17H27N5O. The number of anilines is 1. The topological polar surface area (TPSA) is 84.1 Å². The fourth-order valence-corrected chi connectivity index (χ4v) is 3.75. The lowest BCUT2D eigenvalue weighted by molar-refractivity contribution is -0.123. The molecule has 1 aliphatic heterocycles. The van der Waals surface area contributed by atoms with Gasteiger partial charge in [0.05, 0.1) is 0 Å². The lowest BCUT2D eigenvalue weighted by atomic mass is 9.83. The number of carbonyl (C=O) groups excluding carboxylic acids is 1. The third-order valence-corrected chi connectivity index (χ3v) is 5.04. The molecule has 126 valence electrons. The van der Waals surface area contributed by atoms with Gasteiger partial charge in [0, 0.05) is 44.0 Å². The summed E-state index contributed by atoms with van der Waals surface area (Å²) in [4.78, 5) is 23.1. The normalized spacial score (nSPS) is 28.4. The Morgan fingerprint density at radius 2 is 2.00 bits per heavy atom. The summed E-state index contributed by atoms with van der Waals surface area (Å²) in [6.45, 7) is 1.73. The molecule has 0 radical (unpaired) electrons. The van der Waals surface area contributed by atoms with E-state index in [-0.39, 0.29) is 18.0 Å². The van der Waals surface area contributed by atoms with Crippen LogP contribution in [0, 0.1) is 5.92 Å². The first-order valence-corrected chi connectivity index (χ1v) is 8.79. The van der Waals surface area contributed by atoms with Gasteiger partial charge in [-0.1, -0.05) is 12.8 Å². The Balaban J connectivity index is 1.50. The van der Waals surface area contributed by atoms with Gasteiger partial charge < -0.3 is 16.0 Å². The van der Waals surface area contributed by atoms with E-state index >= 15 is 0 Å². The molecule has 3 atom stereocenters. The molecule has 3 unspecified atom stereocenters. The Morgan fingerprint density at radius 1 is 1.22 bits per heavy atom. The van der Waals surface area contributed by atoms with Crippen molar-refractivity contribution in [3.8, 4) is 0 Å². The molecule has 1 aromatic heterocycles. The fraction of sp³-hybridized carbons (Fsp3) is 0.706. The Hall–Kier alpha value is -1.69. The van der Waals surface area contributed by atoms with Crippen LogP contribution in [0.15, 0.2) is 18.5 Å². The van der Waals surface area contributed by atoms with Crippen LogP contribution in [0.5, 0.6) is 0 Å². The highest BCUT2D eigenvalue weighted by Gasteiger charge is 2.27. The average Bonchev–Trinajstić information content (AvgIpc) is 2.58. The summed E-state index contributed by atoms with van der Waals surface area (Å²) >= 11 is 0. The van der Waals surface area contributed by atoms with Crippen LogP contribution in [0.1, 0.15) is 44.9 Å². The van der Waals surface area contributed by atoms with Gasteiger partial charge in [0.25, 0.3) is 0 Å². The molecule has 2 aliphatic rings. The van der Waals surface area contributed by atoms with E-state index in [2.05, 4.69) is 20.2 Å². The van der Waals surface area contributed by atoms with Crippen molar-refractivity contribution in [1.82, 2.24) is 15.3 Å². The number of aromatic nitrogens is 2. The number of amides is 1. The van der Waals surface area contributed by atoms with Crippen molar-refractivity contribution in [1.29, 1.82) is 0 Å². The van der Waals surface area contributed by atoms with Crippen LogP contribution in [-0.2, 0) is 4.79 Å². The second kappa shape index (κ2) is 7.73. The first-order chi connectivity index (χ1) is 11.2. The number of carbonyl (C=O) groups is 1. The van der Waals surface area contributed by atoms with Crippen LogP contribution in [0.2, 0.25) is 0 Å². The summed E-state index contributed by atoms with van der Waals surface area (Å²) in [7, 11) is 0. The molecule has 1 aromatic rings. The lowest BCUT2D eigenvalue weighted by Crippen LogP contribution is -2.49. The molecular weight excluding hydrogens is 290 g/mol. The third kappa shape index (κ3) is 4.41. The van der Waals surface area contributed by atoms with E-state index in [1.807, 2.05) is 6.07 Å². The molecule has 3 rings (SSSR count). The standard InChI is InChI=1S/C17H27N5O/c18-15-7-2-1-5-13(15)11-16(23)21-14-6-3-10-22(12-14)17-19-8-4-9-20-17/h4,8-9,13-15H,1-3,5-7,10-12,18H2,(H,21,23). The Morgan fingerprint density at radius 3 is 2.78 bits per heavy atom. The summed E-state index contributed by atoms with van der Waals surface area (Å²) in [5, 5.41) is 3.19. The number of nitrogens with two attached hydrogens (primary N) is 1. The van der Waals surface area contributed by atoms with Gasteiger partial charge >= 0.3 is 0 Å². The predicted octanol–water partition coefficient (Wildman–Crippen LogP) is 1.47. The molecule has 2 heterocycles. The van der Waals surface area contributed by atoms with Crippen LogP contribution in [0.25, 0.3) is 0 Å². The first-order valence-electron chi connectivity index (χ1n) is 8.79. The predicted molar refractivity (Wildman–Crippen MR) is 90.0 cm³/mol. The zero-order chi connectivity index (χ0) is 16.1. The summed E-state index contributed by atoms with van der Waals surface area (Å²) < 4.78 is 0. The Bertz CT molecular complexity index is 509. The number of piperidine rings is 1. The van der Waals surface area contributed by atoms with Crippen LogP contribution < -0.4 is 16.0 Å². The molecule has 23 heavy (non-hydrogen) atoms. The first kappa shape index (κ1) is 16.2. The highest BCUT2D eigenvalue weighted by molar-refractivity contribution is 5.76. The third-order valence-electron chi connectivity index (χ3n) is 5.04. The minimum atomic E-state index is 0.146. The zero-order valence-electron chi connectivity index (χ0n) is 13.7. The summed E-state index contributed by atoms with van der Waals surface area (Å²) in [6.07, 6.45) is 10.7. The Labute approximate surface area is 137 Å². The SMILES string of the molecule is NC1CCCCC1CC(=O)NC1CCCN(c2ncccn2)C1. The fourth-order valence-electron chi connectivity index (χ4n) is 3.75. The maximum atomic E-state index is 12.4. The van der Waals surface area contributed by atoms with Crippen LogP contribution >= 0.6 is 0 Å². The van der Waals surface area contributed by atoms with Gasteiger partial charge in [-0.2, -0.15) is 0 Å². The van der Waals surface area contributed by atoms with Gasteiger partial charge in [-0.3, -0.25) is 4.79 Å². The largest absolute Gasteiger partial charge is 0.352 e. The second-order valence-corrected chi connectivity index (χ2v) is 6.81. The van der Waals surface area contributed by atoms with Gasteiger partial charge in [0.15, 0.2) is 0 Å². The molecule has 1 amide bonds. The molecule has 0 aromatic carbocycles. The molecule has 1 saturated heterocycles. The summed E-state index contributed by atoms with van der Waals surface area (Å²) in [5.41, 5.74) is 6.15. The van der Waals surface area contributed by atoms with Crippen molar-refractivity contribution in [3.63, 3.8) is 0 Å². The lowest BCUT2D eigenvalue weighted by Gasteiger charge is -2.34. The molecule has 3 N–H and O–H groups in total. The minimum Gasteiger partial charge on any atom is -0.352 e. The van der Waals surface area contributed by atoms with Crippen molar-refractivity contribution in [3.05, 3.63) is 18.5 Å². The van der Waals surface area contributed by atoms with E-state index in [4.69, 9.17) is 5.73 Å². The van der Waals surface area contributed by atoms with Gasteiger partial charge in [0.2, 0.25) is 11.9 Å². The van der Waals surface area contributed by atoms with Crippen molar-refractivity contribution >= 4 is 11.9 Å². The summed E-state index contributed by atoms with van der Waals surface area (Å²) in [6, 6.07) is 2.19. The second-order valence-electron chi connectivity index (χ2n) is 6.81. The van der Waals surface area contributed by atoms with E-state index < -0.39 is 0 Å². The molecule has 6 nitrogen and oxygen atoms in total. The number of nitrogens with zero attached hydrogens (tertiary/aromatic N) is 3. The quantitative estimate of drug-likeness (QED) is 0.878. The molecule has 0 bridgehead atoms. The van der Waals surface area contributed by atoms with Crippen LogP contribution in [-0.4, -0.2) is 41.0 Å². The Kier molecular flexibility index (Phi) is 5.43. The molecule has 1 saturated carbocycles. The smallest absolute Gasteiger partial charge is 0.225 e. The molecule has 0 spiro atoms. The average molecular weight is 317 g/mol. The number of nitrogens with one attached hydrogen (secondary N) is 1. The summed E-state index contributed by atoms with van der Waals surface area (Å²) in [5.74, 6) is 1.25. The van der Waals surface area contributed by atoms with E-state index in [1.54, 1.807) is 12.4 Å². The monoisotopic (exact) mass is 317 g/mol. The van der Waals surface area contributed by atoms with Crippen molar-refractivity contribution in [2.45, 2.75) is 57.0 Å². The van der Waals surface area contributed by atoms with Crippen molar-refractivity contribution < 1.29 is 4.79 Å². The van der Waals surface area contributed by atoms with Gasteiger partial charge in [-0.15, -0.1) is 0 Å². The van der Waals surface area contributed by atoms with E-state index in [1.165, 1.54) is 12.8 Å². The highest BCUT2D eigenvalue weighted by Crippen LogP contribution is 2.25. The molecule has 2 fully saturated rings. The van der Waals surface area contributed by atoms with Crippen molar-refractivity contribution in [2.75, 3.05) is 18.0 Å². The van der Waals surface area contributed by atoms with Crippen LogP contribution in [0.3, 0.4) is 0 Å². The zero-order valence-corrected chi connectivity index (χ0v) is 13.7. The van der Waals surface area contributed by atoms with E-state index in [0.29, 0.717) is 12.3 Å². The van der Waals surface area contributed by atoms with Crippen LogP contribution in [0.4, 0.5) is 5.95 Å². The number of hydrogen-bond acceptors (Lipinski definition) is 5. The maximum absolute atomic E-state index is 12.4. The van der Waals surface area contributed by atoms with Gasteiger partial charge in [-0.25, -0.2) is 9.97 Å². The van der Waals surface area contributed by atoms with E-state index in [9.17, 15) is 4.79 Å². The number of rotatable bonds is 4. The maximum Gasteiger partial charge on any atom is 0.225 e.